The smallest absolute Gasteiger partial charge is 0.507 e. The van der Waals surface area contributed by atoms with E-state index in [-0.39, 0.29) is 37.4 Å². The van der Waals surface area contributed by atoms with Gasteiger partial charge < -0.3 is 19.5 Å². The standard InChI is InChI=1S/C33H45O8P/c1-5-6-8-15-27-21-30(34)32(29-20-25(4)16-17-28(29)24(2)3)31(22-27)41-33(35)38-18-11-12-19-39-42(36,37)40-23-26-13-9-7-10-14-26/h7,9-10,13-14,20-22,28-29,34H,2,5-6,8,11-12,15-19,23H2,1,3-4H3,(H,36,37)/t28-,29+/m0/s1. The van der Waals surface area contributed by atoms with Gasteiger partial charge in [0.2, 0.25) is 0 Å². The molecule has 2 aromatic rings. The van der Waals surface area contributed by atoms with E-state index in [9.17, 15) is 19.4 Å². The van der Waals surface area contributed by atoms with Crippen LogP contribution in [0.1, 0.15) is 88.3 Å². The molecule has 0 saturated heterocycles. The van der Waals surface area contributed by atoms with Crippen molar-refractivity contribution >= 4 is 14.0 Å². The molecule has 0 radical (unpaired) electrons. The molecule has 1 aliphatic rings. The number of rotatable bonds is 16. The Balaban J connectivity index is 1.57. The lowest BCUT2D eigenvalue weighted by Gasteiger charge is -2.32. The van der Waals surface area contributed by atoms with Crippen LogP contribution >= 0.6 is 7.82 Å². The molecule has 1 unspecified atom stereocenters. The SMILES string of the molecule is C=C(C)[C@@H]1CCC(C)=C[C@H]1c1c(O)cc(CCCCC)cc1OC(=O)OCCCCOP(=O)(O)OCc1ccccc1. The average molecular weight is 601 g/mol. The molecule has 9 heteroatoms. The van der Waals surface area contributed by atoms with E-state index < -0.39 is 14.0 Å². The third kappa shape index (κ3) is 10.7. The summed E-state index contributed by atoms with van der Waals surface area (Å²) in [4.78, 5) is 22.6. The molecule has 0 fully saturated rings. The van der Waals surface area contributed by atoms with Gasteiger partial charge in [0.25, 0.3) is 0 Å². The molecule has 1 aliphatic carbocycles. The summed E-state index contributed by atoms with van der Waals surface area (Å²) in [6.45, 7) is 10.3. The van der Waals surface area contributed by atoms with Crippen molar-refractivity contribution in [2.24, 2.45) is 5.92 Å². The Morgan fingerprint density at radius 3 is 2.50 bits per heavy atom. The Morgan fingerprint density at radius 1 is 1.05 bits per heavy atom. The van der Waals surface area contributed by atoms with Crippen molar-refractivity contribution in [1.82, 2.24) is 0 Å². The summed E-state index contributed by atoms with van der Waals surface area (Å²) in [5, 5.41) is 11.2. The fraction of sp³-hybridized carbons (Fsp3) is 0.485. The monoisotopic (exact) mass is 600 g/mol. The highest BCUT2D eigenvalue weighted by molar-refractivity contribution is 7.47. The molecule has 2 N–H and O–H groups in total. The van der Waals surface area contributed by atoms with Crippen LogP contribution in [-0.4, -0.2) is 29.4 Å². The fourth-order valence-corrected chi connectivity index (χ4v) is 5.89. The number of unbranched alkanes of at least 4 members (excludes halogenated alkanes) is 3. The minimum absolute atomic E-state index is 0.0333. The molecule has 3 atom stereocenters. The highest BCUT2D eigenvalue weighted by atomic mass is 31.2. The number of phosphoric acid groups is 1. The van der Waals surface area contributed by atoms with Crippen molar-refractivity contribution in [3.8, 4) is 11.5 Å². The molecule has 0 heterocycles. The maximum atomic E-state index is 12.7. The molecule has 0 bridgehead atoms. The molecule has 0 aliphatic heterocycles. The average Bonchev–Trinajstić information content (AvgIpc) is 2.94. The highest BCUT2D eigenvalue weighted by Crippen LogP contribution is 2.47. The third-order valence-corrected chi connectivity index (χ3v) is 8.37. The first kappa shape index (κ1) is 33.6. The molecular formula is C33H45O8P. The van der Waals surface area contributed by atoms with Crippen LogP contribution in [0.25, 0.3) is 0 Å². The maximum absolute atomic E-state index is 12.7. The maximum Gasteiger partial charge on any atom is 0.513 e. The number of ether oxygens (including phenoxy) is 2. The topological polar surface area (TPSA) is 112 Å². The van der Waals surface area contributed by atoms with Gasteiger partial charge in [-0.3, -0.25) is 9.05 Å². The number of phenolic OH excluding ortho intramolecular Hbond substituents is 1. The van der Waals surface area contributed by atoms with Crippen LogP contribution in [-0.2, 0) is 31.4 Å². The number of benzene rings is 2. The van der Waals surface area contributed by atoms with Crippen molar-refractivity contribution in [2.45, 2.75) is 84.7 Å². The Bertz CT molecular complexity index is 1260. The van der Waals surface area contributed by atoms with Crippen molar-refractivity contribution in [1.29, 1.82) is 0 Å². The van der Waals surface area contributed by atoms with E-state index in [1.165, 1.54) is 5.57 Å². The summed E-state index contributed by atoms with van der Waals surface area (Å²) in [6, 6.07) is 12.7. The largest absolute Gasteiger partial charge is 0.513 e. The van der Waals surface area contributed by atoms with Crippen LogP contribution < -0.4 is 4.74 Å². The number of phosphoric ester groups is 1. The number of aromatic hydroxyl groups is 1. The number of allylic oxidation sites excluding steroid dienone is 3. The summed E-state index contributed by atoms with van der Waals surface area (Å²) in [5.74, 6) is 0.352. The molecular weight excluding hydrogens is 555 g/mol. The van der Waals surface area contributed by atoms with Crippen LogP contribution in [0.4, 0.5) is 4.79 Å². The van der Waals surface area contributed by atoms with E-state index in [2.05, 4.69) is 26.5 Å². The summed E-state index contributed by atoms with van der Waals surface area (Å²) < 4.78 is 33.1. The molecule has 42 heavy (non-hydrogen) atoms. The lowest BCUT2D eigenvalue weighted by atomic mass is 9.73. The Morgan fingerprint density at radius 2 is 1.79 bits per heavy atom. The van der Waals surface area contributed by atoms with E-state index in [4.69, 9.17) is 18.5 Å². The summed E-state index contributed by atoms with van der Waals surface area (Å²) in [5.41, 5.74) is 4.47. The quantitative estimate of drug-likeness (QED) is 0.0647. The van der Waals surface area contributed by atoms with E-state index in [0.717, 1.165) is 55.2 Å². The second-order valence-corrected chi connectivity index (χ2v) is 12.4. The fourth-order valence-electron chi connectivity index (χ4n) is 5.14. The number of carbonyl (C=O) groups is 1. The molecule has 3 rings (SSSR count). The first-order valence-corrected chi connectivity index (χ1v) is 16.3. The van der Waals surface area contributed by atoms with Crippen LogP contribution in [0.3, 0.4) is 0 Å². The van der Waals surface area contributed by atoms with Crippen molar-refractivity contribution < 1.29 is 37.9 Å². The molecule has 0 saturated carbocycles. The minimum atomic E-state index is -4.19. The molecule has 8 nitrogen and oxygen atoms in total. The van der Waals surface area contributed by atoms with Gasteiger partial charge in [-0.25, -0.2) is 9.36 Å². The number of hydrogen-bond acceptors (Lipinski definition) is 7. The predicted octanol–water partition coefficient (Wildman–Crippen LogP) is 8.77. The van der Waals surface area contributed by atoms with Crippen LogP contribution in [0.15, 0.2) is 66.3 Å². The molecule has 0 aromatic heterocycles. The lowest BCUT2D eigenvalue weighted by molar-refractivity contribution is 0.0930. The number of carbonyl (C=O) groups excluding carboxylic acids is 1. The first-order chi connectivity index (χ1) is 20.1. The molecule has 2 aromatic carbocycles. The second kappa shape index (κ2) is 16.7. The van der Waals surface area contributed by atoms with E-state index in [1.54, 1.807) is 18.2 Å². The van der Waals surface area contributed by atoms with E-state index >= 15 is 0 Å². The summed E-state index contributed by atoms with van der Waals surface area (Å²) in [6.07, 6.45) is 7.77. The van der Waals surface area contributed by atoms with Gasteiger partial charge >= 0.3 is 14.0 Å². The van der Waals surface area contributed by atoms with Gasteiger partial charge in [-0.05, 0) is 81.5 Å². The molecule has 230 valence electrons. The lowest BCUT2D eigenvalue weighted by Crippen LogP contribution is -2.19. The third-order valence-electron chi connectivity index (χ3n) is 7.41. The summed E-state index contributed by atoms with van der Waals surface area (Å²) >= 11 is 0. The number of phenols is 1. The zero-order valence-electron chi connectivity index (χ0n) is 25.0. The van der Waals surface area contributed by atoms with Crippen molar-refractivity contribution in [3.63, 3.8) is 0 Å². The van der Waals surface area contributed by atoms with Gasteiger partial charge in [-0.2, -0.15) is 0 Å². The summed E-state index contributed by atoms with van der Waals surface area (Å²) in [7, 11) is -4.19. The van der Waals surface area contributed by atoms with Gasteiger partial charge in [-0.1, -0.05) is 73.9 Å². The van der Waals surface area contributed by atoms with Gasteiger partial charge in [0, 0.05) is 11.5 Å². The normalized spacial score (nSPS) is 18.1. The van der Waals surface area contributed by atoms with Crippen molar-refractivity contribution in [3.05, 3.63) is 83.0 Å². The number of hydrogen-bond donors (Lipinski definition) is 2. The van der Waals surface area contributed by atoms with Crippen LogP contribution in [0.5, 0.6) is 11.5 Å². The van der Waals surface area contributed by atoms with E-state index in [0.29, 0.717) is 24.2 Å². The van der Waals surface area contributed by atoms with E-state index in [1.807, 2.05) is 31.2 Å². The Kier molecular flexibility index (Phi) is 13.3. The molecule has 0 amide bonds. The predicted molar refractivity (Wildman–Crippen MR) is 164 cm³/mol. The zero-order valence-corrected chi connectivity index (χ0v) is 25.9. The zero-order chi connectivity index (χ0) is 30.5. The van der Waals surface area contributed by atoms with Gasteiger partial charge in [0.05, 0.1) is 19.8 Å². The first-order valence-electron chi connectivity index (χ1n) is 14.8. The Labute approximate surface area is 250 Å². The van der Waals surface area contributed by atoms with Gasteiger partial charge in [0.1, 0.15) is 11.5 Å². The van der Waals surface area contributed by atoms with Gasteiger partial charge in [-0.15, -0.1) is 0 Å². The van der Waals surface area contributed by atoms with Crippen LogP contribution in [0, 0.1) is 5.92 Å². The highest BCUT2D eigenvalue weighted by Gasteiger charge is 2.31. The second-order valence-electron chi connectivity index (χ2n) is 11.0. The van der Waals surface area contributed by atoms with Crippen LogP contribution in [0.2, 0.25) is 0 Å². The number of aryl methyl sites for hydroxylation is 1. The van der Waals surface area contributed by atoms with Gasteiger partial charge in [0.15, 0.2) is 0 Å². The Hall–Kier alpha value is -2.90. The van der Waals surface area contributed by atoms with Crippen molar-refractivity contribution in [2.75, 3.05) is 13.2 Å². The minimum Gasteiger partial charge on any atom is -0.507 e. The molecule has 0 spiro atoms.